The fraction of sp³-hybridized carbons (Fsp3) is 0.615. The van der Waals surface area contributed by atoms with Crippen molar-refractivity contribution in [3.63, 3.8) is 0 Å². The van der Waals surface area contributed by atoms with E-state index in [0.717, 1.165) is 25.8 Å². The molecule has 0 radical (unpaired) electrons. The van der Waals surface area contributed by atoms with Crippen molar-refractivity contribution in [3.05, 3.63) is 17.3 Å². The predicted molar refractivity (Wildman–Crippen MR) is 80.5 cm³/mol. The van der Waals surface area contributed by atoms with Crippen LogP contribution in [0.3, 0.4) is 0 Å². The fourth-order valence-corrected chi connectivity index (χ4v) is 3.76. The molecule has 0 aromatic carbocycles. The highest BCUT2D eigenvalue weighted by molar-refractivity contribution is 7.89. The van der Waals surface area contributed by atoms with Crippen molar-refractivity contribution in [1.29, 1.82) is 0 Å². The van der Waals surface area contributed by atoms with Crippen LogP contribution in [0.1, 0.15) is 33.1 Å². The zero-order valence-corrected chi connectivity index (χ0v) is 13.3. The average Bonchev–Trinajstić information content (AvgIpc) is 2.35. The van der Waals surface area contributed by atoms with Crippen LogP contribution in [-0.2, 0) is 10.0 Å². The van der Waals surface area contributed by atoms with Crippen molar-refractivity contribution >= 4 is 27.4 Å². The van der Waals surface area contributed by atoms with E-state index in [-0.39, 0.29) is 10.9 Å². The molecule has 20 heavy (non-hydrogen) atoms. The molecule has 5 nitrogen and oxygen atoms in total. The van der Waals surface area contributed by atoms with E-state index in [0.29, 0.717) is 16.8 Å². The molecule has 0 aliphatic heterocycles. The van der Waals surface area contributed by atoms with Crippen LogP contribution in [0.4, 0.5) is 5.82 Å². The summed E-state index contributed by atoms with van der Waals surface area (Å²) < 4.78 is 27.1. The monoisotopic (exact) mass is 317 g/mol. The van der Waals surface area contributed by atoms with Gasteiger partial charge in [-0.3, -0.25) is 0 Å². The van der Waals surface area contributed by atoms with E-state index in [1.54, 1.807) is 0 Å². The Morgan fingerprint density at radius 1 is 1.45 bits per heavy atom. The van der Waals surface area contributed by atoms with Gasteiger partial charge >= 0.3 is 0 Å². The lowest BCUT2D eigenvalue weighted by molar-refractivity contribution is 0.270. The summed E-state index contributed by atoms with van der Waals surface area (Å²) >= 11 is 6.06. The van der Waals surface area contributed by atoms with Crippen LogP contribution in [0.2, 0.25) is 5.02 Å². The van der Waals surface area contributed by atoms with Crippen molar-refractivity contribution in [2.24, 2.45) is 5.92 Å². The molecule has 1 heterocycles. The topological polar surface area (TPSA) is 71.1 Å². The minimum absolute atomic E-state index is 0.0340. The lowest BCUT2D eigenvalue weighted by Gasteiger charge is -2.32. The summed E-state index contributed by atoms with van der Waals surface area (Å²) in [6, 6.07) is 1.48. The van der Waals surface area contributed by atoms with Gasteiger partial charge in [-0.05, 0) is 31.2 Å². The number of rotatable bonds is 6. The molecule has 2 N–H and O–H groups in total. The Balaban J connectivity index is 2.09. The van der Waals surface area contributed by atoms with Crippen LogP contribution in [0.25, 0.3) is 0 Å². The minimum Gasteiger partial charge on any atom is -0.369 e. The van der Waals surface area contributed by atoms with Gasteiger partial charge in [0.1, 0.15) is 10.7 Å². The lowest BCUT2D eigenvalue weighted by Crippen LogP contribution is -2.43. The van der Waals surface area contributed by atoms with Crippen molar-refractivity contribution in [1.82, 2.24) is 9.71 Å². The van der Waals surface area contributed by atoms with E-state index in [9.17, 15) is 8.42 Å². The molecule has 0 atom stereocenters. The molecular weight excluding hydrogens is 298 g/mol. The van der Waals surface area contributed by atoms with Crippen LogP contribution in [-0.4, -0.2) is 26.0 Å². The Bertz CT molecular complexity index is 571. The smallest absolute Gasteiger partial charge is 0.242 e. The van der Waals surface area contributed by atoms with Gasteiger partial charge < -0.3 is 5.32 Å². The molecule has 2 rings (SSSR count). The predicted octanol–water partition coefficient (Wildman–Crippen LogP) is 2.63. The zero-order chi connectivity index (χ0) is 14.8. The summed E-state index contributed by atoms with van der Waals surface area (Å²) in [5.74, 6) is 1.11. The first-order valence-corrected chi connectivity index (χ1v) is 8.70. The van der Waals surface area contributed by atoms with E-state index in [1.165, 1.54) is 12.3 Å². The Labute approximate surface area is 125 Å². The highest BCUT2D eigenvalue weighted by atomic mass is 35.5. The van der Waals surface area contributed by atoms with E-state index < -0.39 is 10.0 Å². The number of anilines is 1. The zero-order valence-electron chi connectivity index (χ0n) is 11.7. The third kappa shape index (κ3) is 3.62. The lowest BCUT2D eigenvalue weighted by atomic mass is 9.83. The SMILES string of the molecule is CCCNc1ncc(S(=O)(=O)NC2CC(C)C2)cc1Cl. The second kappa shape index (κ2) is 6.28. The molecule has 0 saturated heterocycles. The van der Waals surface area contributed by atoms with Gasteiger partial charge in [0.15, 0.2) is 0 Å². The Morgan fingerprint density at radius 2 is 2.15 bits per heavy atom. The number of sulfonamides is 1. The molecular formula is C13H20ClN3O2S. The Kier molecular flexibility index (Phi) is 4.88. The van der Waals surface area contributed by atoms with E-state index in [2.05, 4.69) is 21.9 Å². The molecule has 1 aliphatic rings. The fourth-order valence-electron chi connectivity index (χ4n) is 2.23. The number of halogens is 1. The standard InChI is InChI=1S/C13H20ClN3O2S/c1-3-4-15-13-12(14)7-11(8-16-13)20(18,19)17-10-5-9(2)6-10/h7-10,17H,3-6H2,1-2H3,(H,15,16). The summed E-state index contributed by atoms with van der Waals surface area (Å²) in [4.78, 5) is 4.20. The van der Waals surface area contributed by atoms with Gasteiger partial charge in [0.2, 0.25) is 10.0 Å². The summed E-state index contributed by atoms with van der Waals surface area (Å²) in [6.45, 7) is 4.89. The van der Waals surface area contributed by atoms with Gasteiger partial charge in [-0.1, -0.05) is 25.4 Å². The summed E-state index contributed by atoms with van der Waals surface area (Å²) in [5.41, 5.74) is 0. The number of hydrogen-bond acceptors (Lipinski definition) is 4. The Hall–Kier alpha value is -0.850. The third-order valence-electron chi connectivity index (χ3n) is 3.36. The van der Waals surface area contributed by atoms with Crippen LogP contribution >= 0.6 is 11.6 Å². The molecule has 0 amide bonds. The van der Waals surface area contributed by atoms with E-state index in [1.807, 2.05) is 6.92 Å². The highest BCUT2D eigenvalue weighted by Crippen LogP contribution is 2.28. The maximum absolute atomic E-state index is 12.2. The maximum atomic E-state index is 12.2. The first-order chi connectivity index (χ1) is 9.42. The van der Waals surface area contributed by atoms with E-state index >= 15 is 0 Å². The summed E-state index contributed by atoms with van der Waals surface area (Å²) in [5, 5.41) is 3.37. The molecule has 1 fully saturated rings. The summed E-state index contributed by atoms with van der Waals surface area (Å²) in [7, 11) is -3.53. The molecule has 112 valence electrons. The molecule has 0 spiro atoms. The largest absolute Gasteiger partial charge is 0.369 e. The molecule has 1 saturated carbocycles. The van der Waals surface area contributed by atoms with E-state index in [4.69, 9.17) is 11.6 Å². The second-order valence-corrected chi connectivity index (χ2v) is 7.44. The molecule has 1 aromatic heterocycles. The van der Waals surface area contributed by atoms with Crippen LogP contribution in [0.5, 0.6) is 0 Å². The van der Waals surface area contributed by atoms with Gasteiger partial charge in [-0.25, -0.2) is 18.1 Å². The number of hydrogen-bond donors (Lipinski definition) is 2. The maximum Gasteiger partial charge on any atom is 0.242 e. The molecule has 1 aromatic rings. The number of aromatic nitrogens is 1. The molecule has 0 bridgehead atoms. The van der Waals surface area contributed by atoms with Crippen molar-refractivity contribution in [2.45, 2.75) is 44.0 Å². The first-order valence-electron chi connectivity index (χ1n) is 6.84. The van der Waals surface area contributed by atoms with Crippen LogP contribution < -0.4 is 10.0 Å². The van der Waals surface area contributed by atoms with Gasteiger partial charge in [-0.15, -0.1) is 0 Å². The normalized spacial score (nSPS) is 22.4. The third-order valence-corrected chi connectivity index (χ3v) is 5.14. The van der Waals surface area contributed by atoms with Gasteiger partial charge in [0, 0.05) is 18.8 Å². The van der Waals surface area contributed by atoms with Gasteiger partial charge in [0.05, 0.1) is 5.02 Å². The number of pyridine rings is 1. The Morgan fingerprint density at radius 3 is 2.70 bits per heavy atom. The number of nitrogens with one attached hydrogen (secondary N) is 2. The molecule has 0 unspecified atom stereocenters. The minimum atomic E-state index is -3.53. The van der Waals surface area contributed by atoms with Crippen LogP contribution in [0.15, 0.2) is 17.2 Å². The second-order valence-electron chi connectivity index (χ2n) is 5.32. The van der Waals surface area contributed by atoms with Crippen molar-refractivity contribution < 1.29 is 8.42 Å². The van der Waals surface area contributed by atoms with Gasteiger partial charge in [-0.2, -0.15) is 0 Å². The quantitative estimate of drug-likeness (QED) is 0.846. The highest BCUT2D eigenvalue weighted by Gasteiger charge is 2.30. The number of nitrogens with zero attached hydrogens (tertiary/aromatic N) is 1. The average molecular weight is 318 g/mol. The van der Waals surface area contributed by atoms with Crippen LogP contribution in [0, 0.1) is 5.92 Å². The first kappa shape index (κ1) is 15.5. The molecule has 1 aliphatic carbocycles. The molecule has 7 heteroatoms. The van der Waals surface area contributed by atoms with Gasteiger partial charge in [0.25, 0.3) is 0 Å². The van der Waals surface area contributed by atoms with Crippen molar-refractivity contribution in [2.75, 3.05) is 11.9 Å². The van der Waals surface area contributed by atoms with Crippen molar-refractivity contribution in [3.8, 4) is 0 Å². The summed E-state index contributed by atoms with van der Waals surface area (Å²) in [6.07, 6.45) is 4.06.